The molecule has 0 atom stereocenters. The minimum Gasteiger partial charge on any atom is -0.434 e. The van der Waals surface area contributed by atoms with Crippen molar-refractivity contribution in [3.05, 3.63) is 0 Å². The van der Waals surface area contributed by atoms with Gasteiger partial charge in [0.05, 0.1) is 0 Å². The van der Waals surface area contributed by atoms with Crippen LogP contribution in [0.1, 0.15) is 0 Å². The first-order chi connectivity index (χ1) is 4.83. The molecule has 0 rings (SSSR count). The summed E-state index contributed by atoms with van der Waals surface area (Å²) in [6.45, 7) is 0. The molecule has 7 nitrogen and oxygen atoms in total. The molecule has 0 aromatic rings. The van der Waals surface area contributed by atoms with Gasteiger partial charge in [0.25, 0.3) is 0 Å². The number of quaternary nitrogens is 1. The van der Waals surface area contributed by atoms with Gasteiger partial charge < -0.3 is 15.3 Å². The Morgan fingerprint density at radius 3 is 1.09 bits per heavy atom. The summed E-state index contributed by atoms with van der Waals surface area (Å²) in [7, 11) is 0.549. The van der Waals surface area contributed by atoms with Crippen LogP contribution in [-0.2, 0) is 0 Å². The number of hydrogen-bond donors (Lipinski definition) is 3. The molecule has 0 aliphatic heterocycles. The SMILES string of the molecule is C[N+](C(=O)O)(C(=O)O)C(=O)O. The van der Waals surface area contributed by atoms with Crippen molar-refractivity contribution >= 4 is 18.3 Å². The molecule has 3 amide bonds. The van der Waals surface area contributed by atoms with Gasteiger partial charge in [0.1, 0.15) is 7.05 Å². The van der Waals surface area contributed by atoms with Crippen molar-refractivity contribution < 1.29 is 34.2 Å². The van der Waals surface area contributed by atoms with Gasteiger partial charge in [-0.05, 0) is 4.48 Å². The summed E-state index contributed by atoms with van der Waals surface area (Å²) in [5.41, 5.74) is 0. The Hall–Kier alpha value is -1.63. The van der Waals surface area contributed by atoms with E-state index in [0.717, 1.165) is 0 Å². The third-order valence-electron chi connectivity index (χ3n) is 1.15. The lowest BCUT2D eigenvalue weighted by atomic mass is 10.6. The molecule has 0 saturated carbocycles. The molecule has 0 aliphatic rings. The van der Waals surface area contributed by atoms with E-state index in [4.69, 9.17) is 15.3 Å². The lowest BCUT2D eigenvalue weighted by molar-refractivity contribution is -0.686. The maximum absolute atomic E-state index is 10.1. The third kappa shape index (κ3) is 1.27. The standard InChI is InChI=1S/C4H5NO6/c1-5(2(6)7,3(8)9)4(10)11/h1H3,(H2-,6,7,8,9,10,11)/p+1. The van der Waals surface area contributed by atoms with Crippen LogP contribution >= 0.6 is 0 Å². The molecule has 11 heavy (non-hydrogen) atoms. The van der Waals surface area contributed by atoms with E-state index in [0.29, 0.717) is 7.05 Å². The first-order valence-electron chi connectivity index (χ1n) is 2.40. The molecule has 0 heterocycles. The average Bonchev–Trinajstić information content (AvgIpc) is 1.84. The maximum Gasteiger partial charge on any atom is 0.534 e. The predicted molar refractivity (Wildman–Crippen MR) is 30.3 cm³/mol. The van der Waals surface area contributed by atoms with Gasteiger partial charge >= 0.3 is 18.3 Å². The highest BCUT2D eigenvalue weighted by molar-refractivity contribution is 5.87. The van der Waals surface area contributed by atoms with Crippen molar-refractivity contribution in [2.24, 2.45) is 0 Å². The molecule has 62 valence electrons. The summed E-state index contributed by atoms with van der Waals surface area (Å²) >= 11 is 0. The average molecular weight is 164 g/mol. The largest absolute Gasteiger partial charge is 0.534 e. The monoisotopic (exact) mass is 164 g/mol. The second kappa shape index (κ2) is 2.54. The molecule has 0 spiro atoms. The second-order valence-electron chi connectivity index (χ2n) is 1.85. The highest BCUT2D eigenvalue weighted by Crippen LogP contribution is 2.04. The van der Waals surface area contributed by atoms with Gasteiger partial charge in [0.2, 0.25) is 0 Å². The third-order valence-corrected chi connectivity index (χ3v) is 1.15. The van der Waals surface area contributed by atoms with Crippen LogP contribution in [0.5, 0.6) is 0 Å². The van der Waals surface area contributed by atoms with E-state index in [2.05, 4.69) is 0 Å². The van der Waals surface area contributed by atoms with Gasteiger partial charge in [-0.25, -0.2) is 0 Å². The Morgan fingerprint density at radius 2 is 1.09 bits per heavy atom. The van der Waals surface area contributed by atoms with E-state index in [1.165, 1.54) is 0 Å². The number of rotatable bonds is 0. The zero-order chi connectivity index (χ0) is 9.23. The van der Waals surface area contributed by atoms with Gasteiger partial charge in [-0.15, -0.1) is 0 Å². The molecule has 0 saturated heterocycles. The van der Waals surface area contributed by atoms with Gasteiger partial charge in [-0.1, -0.05) is 0 Å². The number of carboxylic acid groups (broad SMARTS) is 3. The van der Waals surface area contributed by atoms with Crippen LogP contribution in [0.2, 0.25) is 0 Å². The molecule has 0 radical (unpaired) electrons. The normalized spacial score (nSPS) is 10.6. The molecule has 0 bridgehead atoms. The minimum absolute atomic E-state index is 0.549. The van der Waals surface area contributed by atoms with Crippen LogP contribution in [-0.4, -0.2) is 45.1 Å². The van der Waals surface area contributed by atoms with E-state index in [9.17, 15) is 14.4 Å². The number of nitrogens with zero attached hydrogens (tertiary/aromatic N) is 1. The number of imide groups is 3. The molecular formula is C4H6NO6+. The number of carbonyl (C=O) groups is 3. The van der Waals surface area contributed by atoms with Gasteiger partial charge in [0, 0.05) is 0 Å². The number of hydrogen-bond acceptors (Lipinski definition) is 3. The van der Waals surface area contributed by atoms with E-state index < -0.39 is 22.8 Å². The summed E-state index contributed by atoms with van der Waals surface area (Å²) in [6, 6.07) is 0. The maximum atomic E-state index is 10.1. The van der Waals surface area contributed by atoms with Gasteiger partial charge in [0.15, 0.2) is 0 Å². The molecule has 0 aromatic carbocycles. The van der Waals surface area contributed by atoms with E-state index in [1.807, 2.05) is 0 Å². The molecular weight excluding hydrogens is 158 g/mol. The molecule has 0 unspecified atom stereocenters. The zero-order valence-corrected chi connectivity index (χ0v) is 5.51. The van der Waals surface area contributed by atoms with Crippen molar-refractivity contribution in [1.82, 2.24) is 0 Å². The Bertz CT molecular complexity index is 185. The molecule has 7 heteroatoms. The highest BCUT2D eigenvalue weighted by atomic mass is 16.5. The minimum atomic E-state index is -2.08. The van der Waals surface area contributed by atoms with Crippen LogP contribution in [0.4, 0.5) is 14.4 Å². The Labute approximate surface area is 60.7 Å². The van der Waals surface area contributed by atoms with Gasteiger partial charge in [-0.3, -0.25) is 0 Å². The van der Waals surface area contributed by atoms with Crippen molar-refractivity contribution in [2.45, 2.75) is 0 Å². The first-order valence-corrected chi connectivity index (χ1v) is 2.40. The summed E-state index contributed by atoms with van der Waals surface area (Å²) in [6.07, 6.45) is -5.86. The topological polar surface area (TPSA) is 112 Å². The van der Waals surface area contributed by atoms with E-state index >= 15 is 0 Å². The molecule has 0 aromatic heterocycles. The lowest BCUT2D eigenvalue weighted by Gasteiger charge is -2.13. The summed E-state index contributed by atoms with van der Waals surface area (Å²) in [5.74, 6) is 0. The molecule has 0 aliphatic carbocycles. The highest BCUT2D eigenvalue weighted by Gasteiger charge is 2.50. The van der Waals surface area contributed by atoms with Crippen LogP contribution in [0.3, 0.4) is 0 Å². The fourth-order valence-corrected chi connectivity index (χ4v) is 0.245. The Kier molecular flexibility index (Phi) is 2.17. The van der Waals surface area contributed by atoms with Crippen molar-refractivity contribution in [2.75, 3.05) is 7.05 Å². The number of amides is 3. The Morgan fingerprint density at radius 1 is 0.909 bits per heavy atom. The van der Waals surface area contributed by atoms with Crippen molar-refractivity contribution in [3.63, 3.8) is 0 Å². The fourth-order valence-electron chi connectivity index (χ4n) is 0.245. The first kappa shape index (κ1) is 9.37. The van der Waals surface area contributed by atoms with Crippen molar-refractivity contribution in [3.8, 4) is 0 Å². The van der Waals surface area contributed by atoms with E-state index in [-0.39, 0.29) is 0 Å². The van der Waals surface area contributed by atoms with Crippen LogP contribution in [0.15, 0.2) is 0 Å². The fraction of sp³-hybridized carbons (Fsp3) is 0.250. The molecule has 3 N–H and O–H groups in total. The van der Waals surface area contributed by atoms with Crippen molar-refractivity contribution in [1.29, 1.82) is 0 Å². The van der Waals surface area contributed by atoms with Crippen LogP contribution in [0, 0.1) is 0 Å². The summed E-state index contributed by atoms with van der Waals surface area (Å²) in [4.78, 5) is 30.3. The van der Waals surface area contributed by atoms with Gasteiger partial charge in [-0.2, -0.15) is 14.4 Å². The zero-order valence-electron chi connectivity index (χ0n) is 5.51. The quantitative estimate of drug-likeness (QED) is 0.448. The summed E-state index contributed by atoms with van der Waals surface area (Å²) < 4.78 is -2.08. The predicted octanol–water partition coefficient (Wildman–Crippen LogP) is 0.467. The Balaban J connectivity index is 4.99. The summed E-state index contributed by atoms with van der Waals surface area (Å²) in [5, 5.41) is 24.6. The lowest BCUT2D eigenvalue weighted by Crippen LogP contribution is -2.56. The molecule has 0 fully saturated rings. The van der Waals surface area contributed by atoms with E-state index in [1.54, 1.807) is 0 Å². The van der Waals surface area contributed by atoms with Crippen LogP contribution < -0.4 is 0 Å². The smallest absolute Gasteiger partial charge is 0.434 e. The second-order valence-corrected chi connectivity index (χ2v) is 1.85. The van der Waals surface area contributed by atoms with Crippen LogP contribution in [0.25, 0.3) is 0 Å².